The average molecular weight is 297 g/mol. The third kappa shape index (κ3) is 3.62. The zero-order valence-electron chi connectivity index (χ0n) is 9.85. The van der Waals surface area contributed by atoms with Crippen LogP contribution in [0.15, 0.2) is 46.7 Å². The minimum absolute atomic E-state index is 0.0510. The van der Waals surface area contributed by atoms with E-state index in [1.165, 1.54) is 6.07 Å². The van der Waals surface area contributed by atoms with E-state index >= 15 is 0 Å². The van der Waals surface area contributed by atoms with Crippen LogP contribution in [0.3, 0.4) is 0 Å². The number of hydrogen-bond donors (Lipinski definition) is 0. The van der Waals surface area contributed by atoms with Crippen molar-refractivity contribution < 1.29 is 13.3 Å². The molecule has 0 saturated heterocycles. The molecule has 0 atom stereocenters. The molecule has 0 bridgehead atoms. The largest absolute Gasteiger partial charge is 0.306 e. The molecule has 1 heterocycles. The fourth-order valence-corrected chi connectivity index (χ4v) is 4.06. The summed E-state index contributed by atoms with van der Waals surface area (Å²) in [4.78, 5) is 10.4. The smallest absolute Gasteiger partial charge is 0.263 e. The van der Waals surface area contributed by atoms with Crippen LogP contribution in [0, 0.1) is 10.1 Å². The molecule has 0 aliphatic heterocycles. The molecule has 0 aliphatic carbocycles. The van der Waals surface area contributed by atoms with Crippen LogP contribution in [0.25, 0.3) is 0 Å². The molecule has 1 aromatic heterocycles. The minimum atomic E-state index is -3.81. The summed E-state index contributed by atoms with van der Waals surface area (Å²) in [7, 11) is -3.81. The van der Waals surface area contributed by atoms with Gasteiger partial charge in [0, 0.05) is 16.2 Å². The first-order valence-corrected chi connectivity index (χ1v) is 7.91. The van der Waals surface area contributed by atoms with Crippen molar-refractivity contribution >= 4 is 21.2 Å². The van der Waals surface area contributed by atoms with Crippen molar-refractivity contribution in [2.45, 2.75) is 10.6 Å². The molecule has 0 N–H and O–H groups in total. The summed E-state index contributed by atoms with van der Waals surface area (Å²) in [5, 5.41) is 10.3. The second kappa shape index (κ2) is 5.50. The van der Waals surface area contributed by atoms with Crippen LogP contribution in [0.2, 0.25) is 0 Å². The predicted octanol–water partition coefficient (Wildman–Crippen LogP) is 2.35. The maximum atomic E-state index is 11.7. The van der Waals surface area contributed by atoms with Gasteiger partial charge in [0.1, 0.15) is 4.21 Å². The van der Waals surface area contributed by atoms with Gasteiger partial charge in [-0.25, -0.2) is 8.42 Å². The number of rotatable bonds is 5. The predicted molar refractivity (Wildman–Crippen MR) is 72.6 cm³/mol. The van der Waals surface area contributed by atoms with Crippen molar-refractivity contribution in [3.63, 3.8) is 0 Å². The van der Waals surface area contributed by atoms with E-state index in [-0.39, 0.29) is 4.21 Å². The summed E-state index contributed by atoms with van der Waals surface area (Å²) in [5.41, 5.74) is 1.07. The maximum absolute atomic E-state index is 11.7. The average Bonchev–Trinajstić information content (AvgIpc) is 2.78. The highest BCUT2D eigenvalue weighted by Crippen LogP contribution is 2.24. The topological polar surface area (TPSA) is 77.3 Å². The summed E-state index contributed by atoms with van der Waals surface area (Å²) in [5.74, 6) is -1.06. The van der Waals surface area contributed by atoms with Crippen LogP contribution in [0.1, 0.15) is 10.4 Å². The van der Waals surface area contributed by atoms with Gasteiger partial charge in [-0.3, -0.25) is 10.1 Å². The summed E-state index contributed by atoms with van der Waals surface area (Å²) >= 11 is 1.08. The Kier molecular flexibility index (Phi) is 3.96. The van der Waals surface area contributed by atoms with Crippen LogP contribution in [-0.4, -0.2) is 19.2 Å². The van der Waals surface area contributed by atoms with E-state index in [9.17, 15) is 18.5 Å². The van der Waals surface area contributed by atoms with Gasteiger partial charge < -0.3 is 0 Å². The van der Waals surface area contributed by atoms with E-state index in [0.29, 0.717) is 6.42 Å². The molecule has 0 aliphatic rings. The van der Waals surface area contributed by atoms with Gasteiger partial charge in [0.2, 0.25) is 0 Å². The number of benzene rings is 1. The van der Waals surface area contributed by atoms with Gasteiger partial charge in [-0.2, -0.15) is 0 Å². The van der Waals surface area contributed by atoms with Crippen molar-refractivity contribution in [1.82, 2.24) is 0 Å². The molecule has 7 heteroatoms. The van der Waals surface area contributed by atoms with Crippen molar-refractivity contribution in [2.75, 3.05) is 5.88 Å². The van der Waals surface area contributed by atoms with Gasteiger partial charge in [-0.1, -0.05) is 30.3 Å². The van der Waals surface area contributed by atoms with E-state index in [1.807, 2.05) is 30.3 Å². The Hall–Kier alpha value is -1.73. The van der Waals surface area contributed by atoms with Gasteiger partial charge in [0.25, 0.3) is 9.84 Å². The quantitative estimate of drug-likeness (QED) is 0.627. The molecule has 1 aromatic carbocycles. The number of nitro groups is 1. The Morgan fingerprint density at radius 1 is 1.11 bits per heavy atom. The summed E-state index contributed by atoms with van der Waals surface area (Å²) < 4.78 is 23.4. The fraction of sp³-hybridized carbons (Fsp3) is 0.167. The van der Waals surface area contributed by atoms with Gasteiger partial charge in [0.15, 0.2) is 0 Å². The number of thiophene rings is 1. The van der Waals surface area contributed by atoms with Gasteiger partial charge in [-0.15, -0.1) is 11.3 Å². The normalized spacial score (nSPS) is 11.4. The van der Waals surface area contributed by atoms with Gasteiger partial charge >= 0.3 is 5.88 Å². The van der Waals surface area contributed by atoms with E-state index in [0.717, 1.165) is 21.8 Å². The lowest BCUT2D eigenvalue weighted by atomic mass is 10.1. The molecular formula is C12H11NO4S2. The van der Waals surface area contributed by atoms with E-state index < -0.39 is 20.6 Å². The lowest BCUT2D eigenvalue weighted by Crippen LogP contribution is -2.13. The Balaban J connectivity index is 2.18. The highest BCUT2D eigenvalue weighted by Gasteiger charge is 2.23. The molecule has 0 amide bonds. The van der Waals surface area contributed by atoms with Crippen LogP contribution >= 0.6 is 11.3 Å². The number of sulfone groups is 1. The molecule has 0 saturated carbocycles. The molecule has 100 valence electrons. The van der Waals surface area contributed by atoms with E-state index in [4.69, 9.17) is 0 Å². The summed E-state index contributed by atoms with van der Waals surface area (Å²) in [6.07, 6.45) is 0.624. The standard InChI is InChI=1S/C12H11NO4S2/c14-13(15)9-19(16,17)12-7-6-11(18-12)8-10-4-2-1-3-5-10/h1-7H,8-9H2. The number of nitrogens with zero attached hydrogens (tertiary/aromatic N) is 1. The molecule has 5 nitrogen and oxygen atoms in total. The second-order valence-electron chi connectivity index (χ2n) is 3.96. The highest BCUT2D eigenvalue weighted by atomic mass is 32.2. The molecule has 0 spiro atoms. The molecule has 2 rings (SSSR count). The molecular weight excluding hydrogens is 286 g/mol. The first-order valence-electron chi connectivity index (χ1n) is 5.44. The minimum Gasteiger partial charge on any atom is -0.263 e. The third-order valence-corrected chi connectivity index (χ3v) is 5.63. The molecule has 2 aromatic rings. The zero-order valence-corrected chi connectivity index (χ0v) is 11.5. The molecule has 0 radical (unpaired) electrons. The molecule has 19 heavy (non-hydrogen) atoms. The maximum Gasteiger partial charge on any atom is 0.306 e. The third-order valence-electron chi connectivity index (χ3n) is 2.44. The Morgan fingerprint density at radius 2 is 1.79 bits per heavy atom. The molecule has 0 fully saturated rings. The SMILES string of the molecule is O=[N+]([O-])CS(=O)(=O)c1ccc(Cc2ccccc2)s1. The van der Waals surface area contributed by atoms with Crippen LogP contribution in [-0.2, 0) is 16.3 Å². The molecule has 0 unspecified atom stereocenters. The van der Waals surface area contributed by atoms with E-state index in [2.05, 4.69) is 0 Å². The highest BCUT2D eigenvalue weighted by molar-refractivity contribution is 7.93. The lowest BCUT2D eigenvalue weighted by molar-refractivity contribution is -0.458. The van der Waals surface area contributed by atoms with Crippen LogP contribution in [0.4, 0.5) is 0 Å². The van der Waals surface area contributed by atoms with Crippen LogP contribution < -0.4 is 0 Å². The van der Waals surface area contributed by atoms with Crippen LogP contribution in [0.5, 0.6) is 0 Å². The van der Waals surface area contributed by atoms with Gasteiger partial charge in [-0.05, 0) is 17.7 Å². The Labute approximate surface area is 114 Å². The zero-order chi connectivity index (χ0) is 13.9. The Bertz CT molecular complexity index is 677. The number of hydrogen-bond acceptors (Lipinski definition) is 5. The Morgan fingerprint density at radius 3 is 2.42 bits per heavy atom. The van der Waals surface area contributed by atoms with E-state index in [1.54, 1.807) is 6.07 Å². The van der Waals surface area contributed by atoms with Crippen molar-refractivity contribution in [2.24, 2.45) is 0 Å². The summed E-state index contributed by atoms with van der Waals surface area (Å²) in [6, 6.07) is 12.8. The fourth-order valence-electron chi connectivity index (χ4n) is 1.62. The lowest BCUT2D eigenvalue weighted by Gasteiger charge is -1.97. The first kappa shape index (κ1) is 13.7. The monoisotopic (exact) mass is 297 g/mol. The van der Waals surface area contributed by atoms with Crippen molar-refractivity contribution in [1.29, 1.82) is 0 Å². The van der Waals surface area contributed by atoms with Crippen molar-refractivity contribution in [3.05, 3.63) is 63.0 Å². The van der Waals surface area contributed by atoms with Gasteiger partial charge in [0.05, 0.1) is 0 Å². The second-order valence-corrected chi connectivity index (χ2v) is 7.31. The first-order chi connectivity index (χ1) is 8.97. The summed E-state index contributed by atoms with van der Waals surface area (Å²) in [6.45, 7) is 0. The van der Waals surface area contributed by atoms with Crippen molar-refractivity contribution in [3.8, 4) is 0 Å².